The first-order chi connectivity index (χ1) is 17.3. The molecule has 1 aliphatic heterocycles. The number of hydrogen-bond donors (Lipinski definition) is 1. The highest BCUT2D eigenvalue weighted by molar-refractivity contribution is 8.00. The number of thioether (sulfide) groups is 1. The molecule has 1 amide bonds. The summed E-state index contributed by atoms with van der Waals surface area (Å²) in [4.78, 5) is 28.4. The van der Waals surface area contributed by atoms with Crippen LogP contribution >= 0.6 is 57.6 Å². The molecule has 1 N–H and O–H groups in total. The predicted octanol–water partition coefficient (Wildman–Crippen LogP) is 7.29. The van der Waals surface area contributed by atoms with Crippen molar-refractivity contribution in [1.29, 1.82) is 0 Å². The van der Waals surface area contributed by atoms with E-state index in [9.17, 15) is 14.7 Å². The van der Waals surface area contributed by atoms with E-state index < -0.39 is 23.5 Å². The van der Waals surface area contributed by atoms with E-state index in [4.69, 9.17) is 23.2 Å². The van der Waals surface area contributed by atoms with Gasteiger partial charge in [0.05, 0.1) is 16.5 Å². The van der Waals surface area contributed by atoms with E-state index in [1.807, 2.05) is 19.1 Å². The summed E-state index contributed by atoms with van der Waals surface area (Å²) < 4.78 is 0.650. The molecule has 0 spiro atoms. The Hall–Kier alpha value is -2.69. The van der Waals surface area contributed by atoms with Gasteiger partial charge < -0.3 is 5.11 Å². The van der Waals surface area contributed by atoms with Crippen LogP contribution in [0.15, 0.2) is 75.6 Å². The average Bonchev–Trinajstić information content (AvgIpc) is 3.60. The molecular weight excluding hydrogens is 557 g/mol. The van der Waals surface area contributed by atoms with Crippen molar-refractivity contribution in [3.8, 4) is 0 Å². The minimum Gasteiger partial charge on any atom is -0.503 e. The van der Waals surface area contributed by atoms with Gasteiger partial charge in [0, 0.05) is 15.8 Å². The molecule has 182 valence electrons. The summed E-state index contributed by atoms with van der Waals surface area (Å²) in [5.41, 5.74) is 2.70. The third kappa shape index (κ3) is 4.81. The second-order valence-electron chi connectivity index (χ2n) is 7.94. The summed E-state index contributed by atoms with van der Waals surface area (Å²) in [5, 5.41) is 22.0. The Morgan fingerprint density at radius 2 is 1.92 bits per heavy atom. The summed E-state index contributed by atoms with van der Waals surface area (Å²) in [6, 6.07) is 15.4. The largest absolute Gasteiger partial charge is 0.503 e. The van der Waals surface area contributed by atoms with Gasteiger partial charge in [-0.2, -0.15) is 0 Å². The highest BCUT2D eigenvalue weighted by atomic mass is 35.5. The van der Waals surface area contributed by atoms with Crippen LogP contribution in [0.25, 0.3) is 0 Å². The quantitative estimate of drug-likeness (QED) is 0.142. The maximum Gasteiger partial charge on any atom is 0.296 e. The van der Waals surface area contributed by atoms with Crippen LogP contribution < -0.4 is 4.90 Å². The van der Waals surface area contributed by atoms with Gasteiger partial charge in [0.1, 0.15) is 0 Å². The van der Waals surface area contributed by atoms with Gasteiger partial charge >= 0.3 is 0 Å². The number of halogens is 2. The van der Waals surface area contributed by atoms with Gasteiger partial charge in [-0.05, 0) is 41.6 Å². The number of hydrogen-bond acceptors (Lipinski definition) is 8. The molecule has 3 heterocycles. The lowest BCUT2D eigenvalue weighted by molar-refractivity contribution is -0.117. The number of carbonyl (C=O) groups is 2. The molecule has 4 aromatic rings. The van der Waals surface area contributed by atoms with Crippen LogP contribution in [-0.2, 0) is 10.5 Å². The number of anilines is 1. The lowest BCUT2D eigenvalue weighted by Gasteiger charge is -2.24. The fourth-order valence-corrected chi connectivity index (χ4v) is 6.79. The van der Waals surface area contributed by atoms with Gasteiger partial charge in [-0.15, -0.1) is 21.5 Å². The third-order valence-electron chi connectivity index (χ3n) is 5.54. The smallest absolute Gasteiger partial charge is 0.296 e. The molecule has 1 unspecified atom stereocenters. The normalized spacial score (nSPS) is 15.7. The third-order valence-corrected chi connectivity index (χ3v) is 9.10. The number of benzene rings is 2. The monoisotopic (exact) mass is 573 g/mol. The van der Waals surface area contributed by atoms with Gasteiger partial charge in [-0.3, -0.25) is 14.5 Å². The maximum atomic E-state index is 13.4. The van der Waals surface area contributed by atoms with Crippen molar-refractivity contribution in [3.63, 3.8) is 0 Å². The molecule has 0 bridgehead atoms. The number of Topliss-reactive ketones (excluding diaryl/α,β-unsaturated/α-hetero) is 1. The van der Waals surface area contributed by atoms with Crippen molar-refractivity contribution in [3.05, 3.63) is 103 Å². The van der Waals surface area contributed by atoms with Gasteiger partial charge in [0.2, 0.25) is 10.9 Å². The van der Waals surface area contributed by atoms with Crippen molar-refractivity contribution in [2.24, 2.45) is 0 Å². The fourth-order valence-electron chi connectivity index (χ4n) is 3.78. The number of thiophene rings is 1. The minimum atomic E-state index is -0.986. The zero-order valence-corrected chi connectivity index (χ0v) is 22.6. The molecule has 0 saturated carbocycles. The number of aryl methyl sites for hydroxylation is 1. The van der Waals surface area contributed by atoms with E-state index >= 15 is 0 Å². The van der Waals surface area contributed by atoms with Crippen LogP contribution in [0.5, 0.6) is 0 Å². The van der Waals surface area contributed by atoms with E-state index in [0.29, 0.717) is 25.6 Å². The van der Waals surface area contributed by atoms with Gasteiger partial charge in [-0.1, -0.05) is 88.3 Å². The van der Waals surface area contributed by atoms with Crippen molar-refractivity contribution in [1.82, 2.24) is 10.2 Å². The molecule has 2 aromatic heterocycles. The molecule has 0 radical (unpaired) electrons. The number of aromatic nitrogens is 2. The molecular formula is C25H17Cl2N3O3S3. The first kappa shape index (κ1) is 25.0. The number of amides is 1. The van der Waals surface area contributed by atoms with Gasteiger partial charge in [0.25, 0.3) is 5.91 Å². The lowest BCUT2D eigenvalue weighted by atomic mass is 9.95. The molecule has 0 fully saturated rings. The average molecular weight is 575 g/mol. The van der Waals surface area contributed by atoms with Crippen LogP contribution in [0, 0.1) is 6.92 Å². The Labute approximate surface area is 229 Å². The molecule has 2 aromatic carbocycles. The summed E-state index contributed by atoms with van der Waals surface area (Å²) in [7, 11) is 0. The molecule has 36 heavy (non-hydrogen) atoms. The fraction of sp³-hybridized carbons (Fsp3) is 0.120. The van der Waals surface area contributed by atoms with Crippen molar-refractivity contribution >= 4 is 74.5 Å². The maximum absolute atomic E-state index is 13.4. The Morgan fingerprint density at radius 1 is 1.14 bits per heavy atom. The highest BCUT2D eigenvalue weighted by Crippen LogP contribution is 2.46. The molecule has 0 aliphatic carbocycles. The van der Waals surface area contributed by atoms with E-state index in [1.165, 1.54) is 51.0 Å². The van der Waals surface area contributed by atoms with E-state index in [-0.39, 0.29) is 15.7 Å². The zero-order valence-electron chi connectivity index (χ0n) is 18.6. The molecule has 0 saturated heterocycles. The first-order valence-electron chi connectivity index (χ1n) is 10.6. The van der Waals surface area contributed by atoms with Crippen LogP contribution in [0.2, 0.25) is 10.0 Å². The lowest BCUT2D eigenvalue weighted by Crippen LogP contribution is -2.31. The molecule has 1 atom stereocenters. The Balaban J connectivity index is 1.51. The summed E-state index contributed by atoms with van der Waals surface area (Å²) in [6.07, 6.45) is 0. The number of nitrogens with zero attached hydrogens (tertiary/aromatic N) is 3. The minimum absolute atomic E-state index is 0.0595. The summed E-state index contributed by atoms with van der Waals surface area (Å²) in [6.45, 7) is 2.03. The van der Waals surface area contributed by atoms with Crippen molar-refractivity contribution in [2.75, 3.05) is 4.90 Å². The van der Waals surface area contributed by atoms with Gasteiger partial charge in [-0.25, -0.2) is 0 Å². The number of aliphatic hydroxyl groups is 1. The number of aliphatic hydroxyl groups excluding tert-OH is 1. The summed E-state index contributed by atoms with van der Waals surface area (Å²) >= 11 is 16.5. The van der Waals surface area contributed by atoms with Crippen LogP contribution in [0.3, 0.4) is 0 Å². The van der Waals surface area contributed by atoms with Crippen LogP contribution in [0.1, 0.15) is 32.4 Å². The van der Waals surface area contributed by atoms with E-state index in [2.05, 4.69) is 22.3 Å². The molecule has 5 rings (SSSR count). The molecule has 6 nitrogen and oxygen atoms in total. The molecule has 1 aliphatic rings. The predicted molar refractivity (Wildman–Crippen MR) is 146 cm³/mol. The van der Waals surface area contributed by atoms with E-state index in [0.717, 1.165) is 5.56 Å². The SMILES string of the molecule is Cc1ccc(CSc2nnc(N3C(=O)C(O)=C(C(=O)c4cccs4)C3c3ccc(Cl)cc3Cl)s2)cc1. The Bertz CT molecular complexity index is 1480. The summed E-state index contributed by atoms with van der Waals surface area (Å²) in [5.74, 6) is -1.14. The Kier molecular flexibility index (Phi) is 7.18. The zero-order chi connectivity index (χ0) is 25.4. The molecule has 11 heteroatoms. The van der Waals surface area contributed by atoms with Crippen LogP contribution in [0.4, 0.5) is 5.13 Å². The Morgan fingerprint density at radius 3 is 2.61 bits per heavy atom. The second-order valence-corrected chi connectivity index (χ2v) is 11.9. The van der Waals surface area contributed by atoms with Crippen LogP contribution in [-0.4, -0.2) is 27.0 Å². The standard InChI is InChI=1S/C25H17Cl2N3O3S3/c1-13-4-6-14(7-5-13)12-35-25-29-28-24(36-25)30-20(16-9-8-15(26)11-17(16)27)19(22(32)23(30)33)21(31)18-3-2-10-34-18/h2-11,20,32H,12H2,1H3. The van der Waals surface area contributed by atoms with Gasteiger partial charge in [0.15, 0.2) is 10.1 Å². The highest BCUT2D eigenvalue weighted by Gasteiger charge is 2.47. The topological polar surface area (TPSA) is 83.4 Å². The second kappa shape index (κ2) is 10.4. The number of carbonyl (C=O) groups excluding carboxylic acids is 2. The number of ketones is 1. The van der Waals surface area contributed by atoms with Crippen molar-refractivity contribution in [2.45, 2.75) is 23.1 Å². The first-order valence-corrected chi connectivity index (χ1v) is 14.1. The number of rotatable bonds is 7. The van der Waals surface area contributed by atoms with Crippen molar-refractivity contribution < 1.29 is 14.7 Å². The van der Waals surface area contributed by atoms with E-state index in [1.54, 1.807) is 29.6 Å².